The van der Waals surface area contributed by atoms with Gasteiger partial charge in [-0.2, -0.15) is 0 Å². The van der Waals surface area contributed by atoms with E-state index in [0.29, 0.717) is 12.0 Å². The largest absolute Gasteiger partial charge is 0.488 e. The normalized spacial score (nSPS) is 26.3. The molecule has 5 heteroatoms. The van der Waals surface area contributed by atoms with Gasteiger partial charge in [0.05, 0.1) is 6.20 Å². The summed E-state index contributed by atoms with van der Waals surface area (Å²) in [6.45, 7) is 3.22. The SMILES string of the molecule is CNc1ncccc1CN1C[C@H]2CC[C@@H](Oc3cccnc3)[C@H]2C1. The van der Waals surface area contributed by atoms with Crippen molar-refractivity contribution in [1.29, 1.82) is 0 Å². The van der Waals surface area contributed by atoms with E-state index in [-0.39, 0.29) is 0 Å². The molecule has 1 aliphatic heterocycles. The number of hydrogen-bond donors (Lipinski definition) is 1. The lowest BCUT2D eigenvalue weighted by Gasteiger charge is -2.22. The van der Waals surface area contributed by atoms with Crippen LogP contribution < -0.4 is 10.1 Å². The predicted molar refractivity (Wildman–Crippen MR) is 93.9 cm³/mol. The number of aromatic nitrogens is 2. The van der Waals surface area contributed by atoms with Crippen molar-refractivity contribution < 1.29 is 4.74 Å². The van der Waals surface area contributed by atoms with Gasteiger partial charge in [0.15, 0.2) is 0 Å². The average molecular weight is 324 g/mol. The summed E-state index contributed by atoms with van der Waals surface area (Å²) < 4.78 is 6.22. The van der Waals surface area contributed by atoms with E-state index in [1.165, 1.54) is 12.0 Å². The Labute approximate surface area is 143 Å². The average Bonchev–Trinajstić information content (AvgIpc) is 3.18. The van der Waals surface area contributed by atoms with Gasteiger partial charge in [0.1, 0.15) is 17.7 Å². The van der Waals surface area contributed by atoms with E-state index in [2.05, 4.69) is 26.3 Å². The minimum atomic E-state index is 0.321. The first-order chi connectivity index (χ1) is 11.8. The van der Waals surface area contributed by atoms with Gasteiger partial charge in [-0.05, 0) is 37.0 Å². The Morgan fingerprint density at radius 3 is 2.96 bits per heavy atom. The van der Waals surface area contributed by atoms with E-state index in [1.54, 1.807) is 6.20 Å². The zero-order valence-electron chi connectivity index (χ0n) is 14.1. The van der Waals surface area contributed by atoms with Crippen molar-refractivity contribution in [1.82, 2.24) is 14.9 Å². The lowest BCUT2D eigenvalue weighted by Crippen LogP contribution is -2.28. The van der Waals surface area contributed by atoms with Crippen molar-refractivity contribution in [3.05, 3.63) is 48.4 Å². The highest BCUT2D eigenvalue weighted by Gasteiger charge is 2.43. The molecule has 4 rings (SSSR count). The lowest BCUT2D eigenvalue weighted by molar-refractivity contribution is 0.147. The minimum absolute atomic E-state index is 0.321. The molecule has 2 aliphatic rings. The number of likely N-dealkylation sites (tertiary alicyclic amines) is 1. The number of nitrogens with zero attached hydrogens (tertiary/aromatic N) is 3. The Kier molecular flexibility index (Phi) is 4.34. The number of pyridine rings is 2. The van der Waals surface area contributed by atoms with E-state index < -0.39 is 0 Å². The van der Waals surface area contributed by atoms with E-state index in [9.17, 15) is 0 Å². The molecule has 5 nitrogen and oxygen atoms in total. The summed E-state index contributed by atoms with van der Waals surface area (Å²) in [5.74, 6) is 3.25. The molecule has 2 fully saturated rings. The van der Waals surface area contributed by atoms with Crippen LogP contribution in [0, 0.1) is 11.8 Å². The second-order valence-corrected chi connectivity index (χ2v) is 6.80. The molecule has 1 aliphatic carbocycles. The van der Waals surface area contributed by atoms with E-state index in [1.807, 2.05) is 37.6 Å². The highest BCUT2D eigenvalue weighted by Crippen LogP contribution is 2.40. The lowest BCUT2D eigenvalue weighted by atomic mass is 9.99. The van der Waals surface area contributed by atoms with Crippen LogP contribution in [0.25, 0.3) is 0 Å². The summed E-state index contributed by atoms with van der Waals surface area (Å²) in [6.07, 6.45) is 8.18. The van der Waals surface area contributed by atoms with Crippen LogP contribution in [0.3, 0.4) is 0 Å². The maximum atomic E-state index is 6.22. The third-order valence-electron chi connectivity index (χ3n) is 5.31. The molecule has 2 aromatic rings. The summed E-state index contributed by atoms with van der Waals surface area (Å²) in [5, 5.41) is 3.19. The van der Waals surface area contributed by atoms with Crippen LogP contribution in [0.1, 0.15) is 18.4 Å². The smallest absolute Gasteiger partial charge is 0.138 e. The Morgan fingerprint density at radius 2 is 2.12 bits per heavy atom. The maximum Gasteiger partial charge on any atom is 0.138 e. The van der Waals surface area contributed by atoms with Crippen molar-refractivity contribution in [2.45, 2.75) is 25.5 Å². The molecule has 2 aromatic heterocycles. The van der Waals surface area contributed by atoms with Crippen LogP contribution >= 0.6 is 0 Å². The van der Waals surface area contributed by atoms with Crippen LogP contribution in [0.5, 0.6) is 5.75 Å². The molecular weight excluding hydrogens is 300 g/mol. The van der Waals surface area contributed by atoms with E-state index >= 15 is 0 Å². The summed E-state index contributed by atoms with van der Waals surface area (Å²) in [7, 11) is 1.93. The zero-order chi connectivity index (χ0) is 16.4. The molecule has 0 amide bonds. The number of fused-ring (bicyclic) bond motifs is 1. The zero-order valence-corrected chi connectivity index (χ0v) is 14.1. The molecule has 1 saturated heterocycles. The van der Waals surface area contributed by atoms with Gasteiger partial charge in [-0.1, -0.05) is 6.07 Å². The summed E-state index contributed by atoms with van der Waals surface area (Å²) in [6, 6.07) is 8.12. The summed E-state index contributed by atoms with van der Waals surface area (Å²) >= 11 is 0. The number of hydrogen-bond acceptors (Lipinski definition) is 5. The van der Waals surface area contributed by atoms with Crippen LogP contribution in [0.4, 0.5) is 5.82 Å². The molecule has 0 spiro atoms. The molecular formula is C19H24N4O. The van der Waals surface area contributed by atoms with Gasteiger partial charge >= 0.3 is 0 Å². The number of anilines is 1. The van der Waals surface area contributed by atoms with Crippen molar-refractivity contribution in [3.8, 4) is 5.75 Å². The Hall–Kier alpha value is -2.14. The number of nitrogens with one attached hydrogen (secondary N) is 1. The number of ether oxygens (including phenoxy) is 1. The molecule has 0 radical (unpaired) electrons. The first kappa shape index (κ1) is 15.4. The highest BCUT2D eigenvalue weighted by molar-refractivity contribution is 5.42. The fraction of sp³-hybridized carbons (Fsp3) is 0.474. The van der Waals surface area contributed by atoms with Crippen LogP contribution in [-0.4, -0.2) is 41.1 Å². The quantitative estimate of drug-likeness (QED) is 0.916. The summed E-state index contributed by atoms with van der Waals surface area (Å²) in [5.41, 5.74) is 1.27. The van der Waals surface area contributed by atoms with Crippen LogP contribution in [0.15, 0.2) is 42.9 Å². The monoisotopic (exact) mass is 324 g/mol. The molecule has 0 aromatic carbocycles. The molecule has 3 atom stereocenters. The van der Waals surface area contributed by atoms with E-state index in [0.717, 1.165) is 43.5 Å². The van der Waals surface area contributed by atoms with Gasteiger partial charge in [-0.3, -0.25) is 9.88 Å². The predicted octanol–water partition coefficient (Wildman–Crippen LogP) is 2.81. The van der Waals surface area contributed by atoms with Crippen molar-refractivity contribution in [2.24, 2.45) is 11.8 Å². The van der Waals surface area contributed by atoms with Gasteiger partial charge in [-0.15, -0.1) is 0 Å². The summed E-state index contributed by atoms with van der Waals surface area (Å²) in [4.78, 5) is 11.1. The second kappa shape index (κ2) is 6.77. The molecule has 3 heterocycles. The standard InChI is InChI=1S/C19H24N4O/c1-20-19-15(4-2-9-22-19)12-23-11-14-6-7-18(17(14)13-23)24-16-5-3-8-21-10-16/h2-5,8-10,14,17-18H,6-7,11-13H2,1H3,(H,20,22)/t14-,17+,18-/m1/s1. The third kappa shape index (κ3) is 3.08. The Morgan fingerprint density at radius 1 is 1.21 bits per heavy atom. The molecule has 1 saturated carbocycles. The Balaban J connectivity index is 1.40. The second-order valence-electron chi connectivity index (χ2n) is 6.80. The van der Waals surface area contributed by atoms with Gasteiger partial charge in [-0.25, -0.2) is 4.98 Å². The van der Waals surface area contributed by atoms with Gasteiger partial charge in [0.25, 0.3) is 0 Å². The first-order valence-corrected chi connectivity index (χ1v) is 8.74. The maximum absolute atomic E-state index is 6.22. The van der Waals surface area contributed by atoms with Crippen molar-refractivity contribution in [2.75, 3.05) is 25.5 Å². The van der Waals surface area contributed by atoms with Crippen LogP contribution in [-0.2, 0) is 6.54 Å². The van der Waals surface area contributed by atoms with Crippen molar-refractivity contribution in [3.63, 3.8) is 0 Å². The van der Waals surface area contributed by atoms with Gasteiger partial charge < -0.3 is 10.1 Å². The third-order valence-corrected chi connectivity index (χ3v) is 5.31. The molecule has 0 unspecified atom stereocenters. The first-order valence-electron chi connectivity index (χ1n) is 8.74. The Bertz CT molecular complexity index is 678. The van der Waals surface area contributed by atoms with Crippen LogP contribution in [0.2, 0.25) is 0 Å². The molecule has 1 N–H and O–H groups in total. The van der Waals surface area contributed by atoms with E-state index in [4.69, 9.17) is 4.74 Å². The van der Waals surface area contributed by atoms with Gasteiger partial charge in [0.2, 0.25) is 0 Å². The topological polar surface area (TPSA) is 50.3 Å². The molecule has 24 heavy (non-hydrogen) atoms. The molecule has 126 valence electrons. The minimum Gasteiger partial charge on any atom is -0.488 e. The highest BCUT2D eigenvalue weighted by atomic mass is 16.5. The van der Waals surface area contributed by atoms with Gasteiger partial charge in [0, 0.05) is 50.6 Å². The molecule has 0 bridgehead atoms. The number of rotatable bonds is 5. The fourth-order valence-corrected chi connectivity index (χ4v) is 4.21. The fourth-order valence-electron chi connectivity index (χ4n) is 4.21. The van der Waals surface area contributed by atoms with Crippen molar-refractivity contribution >= 4 is 5.82 Å².